The average molecular weight is 471 g/mol. The minimum Gasteiger partial charge on any atom is -0.467 e. The highest BCUT2D eigenvalue weighted by molar-refractivity contribution is 6.69. The molecule has 0 aromatic carbocycles. The van der Waals surface area contributed by atoms with Crippen LogP contribution in [0.2, 0.25) is 19.6 Å². The van der Waals surface area contributed by atoms with Gasteiger partial charge in [-0.25, -0.2) is 4.79 Å². The summed E-state index contributed by atoms with van der Waals surface area (Å²) in [6, 6.07) is 0. The fraction of sp³-hybridized carbons (Fsp3) is 0.950. The van der Waals surface area contributed by atoms with E-state index in [1.165, 1.54) is 7.11 Å². The molecule has 0 aliphatic carbocycles. The van der Waals surface area contributed by atoms with Gasteiger partial charge in [0.25, 0.3) is 0 Å². The molecule has 0 radical (unpaired) electrons. The van der Waals surface area contributed by atoms with Gasteiger partial charge in [0, 0.05) is 0 Å². The molecular weight excluding hydrogens is 428 g/mol. The Bertz CT molecular complexity index is 393. The van der Waals surface area contributed by atoms with Gasteiger partial charge in [-0.2, -0.15) is 0 Å². The lowest BCUT2D eigenvalue weighted by Crippen LogP contribution is -2.27. The van der Waals surface area contributed by atoms with Gasteiger partial charge in [-0.1, -0.05) is 0 Å². The highest BCUT2D eigenvalue weighted by Crippen LogP contribution is 2.01. The molecule has 0 fully saturated rings. The molecule has 0 N–H and O–H groups in total. The van der Waals surface area contributed by atoms with Crippen LogP contribution in [-0.2, 0) is 47.1 Å². The zero-order valence-corrected chi connectivity index (χ0v) is 20.7. The van der Waals surface area contributed by atoms with Crippen LogP contribution in [0, 0.1) is 0 Å². The highest BCUT2D eigenvalue weighted by Gasteiger charge is 2.12. The first-order chi connectivity index (χ1) is 15.0. The number of carbonyl (C=O) groups is 1. The second kappa shape index (κ2) is 22.6. The minimum atomic E-state index is -1.44. The van der Waals surface area contributed by atoms with Crippen LogP contribution < -0.4 is 0 Å². The Balaban J connectivity index is 3.06. The summed E-state index contributed by atoms with van der Waals surface area (Å²) in [7, 11) is -0.124. The van der Waals surface area contributed by atoms with Crippen molar-refractivity contribution < 1.29 is 47.1 Å². The van der Waals surface area contributed by atoms with E-state index in [4.69, 9.17) is 37.6 Å². The van der Waals surface area contributed by atoms with Gasteiger partial charge >= 0.3 is 5.97 Å². The van der Waals surface area contributed by atoms with Gasteiger partial charge in [0.1, 0.15) is 6.61 Å². The maximum atomic E-state index is 10.8. The number of hydrogen-bond acceptors (Lipinski definition) is 10. The topological polar surface area (TPSA) is 100 Å². The van der Waals surface area contributed by atoms with Crippen LogP contribution in [0.4, 0.5) is 0 Å². The number of carbonyl (C=O) groups excluding carboxylic acids is 1. The van der Waals surface area contributed by atoms with E-state index in [1.54, 1.807) is 0 Å². The summed E-state index contributed by atoms with van der Waals surface area (Å²) in [6.07, 6.45) is 0. The molecule has 0 spiro atoms. The lowest BCUT2D eigenvalue weighted by molar-refractivity contribution is -0.146. The number of ether oxygens (including phenoxy) is 8. The van der Waals surface area contributed by atoms with Gasteiger partial charge in [-0.05, 0) is 19.6 Å². The molecule has 31 heavy (non-hydrogen) atoms. The predicted octanol–water partition coefficient (Wildman–Crippen LogP) is 1.13. The van der Waals surface area contributed by atoms with Gasteiger partial charge in [0.05, 0.1) is 99.6 Å². The first kappa shape index (κ1) is 30.4. The van der Waals surface area contributed by atoms with Crippen molar-refractivity contribution in [2.75, 3.05) is 106 Å². The van der Waals surface area contributed by atoms with Crippen LogP contribution in [-0.4, -0.2) is 120 Å². The van der Waals surface area contributed by atoms with E-state index in [2.05, 4.69) is 24.4 Å². The third-order valence-corrected chi connectivity index (χ3v) is 4.51. The van der Waals surface area contributed by atoms with E-state index in [9.17, 15) is 4.79 Å². The summed E-state index contributed by atoms with van der Waals surface area (Å²) in [5.41, 5.74) is 0. The molecule has 0 saturated heterocycles. The van der Waals surface area contributed by atoms with Crippen molar-refractivity contribution >= 4 is 14.3 Å². The third-order valence-electron chi connectivity index (χ3n) is 3.44. The third kappa shape index (κ3) is 27.3. The van der Waals surface area contributed by atoms with Crippen molar-refractivity contribution in [2.45, 2.75) is 19.6 Å². The number of rotatable bonds is 24. The molecule has 0 aromatic rings. The molecule has 0 saturated carbocycles. The predicted molar refractivity (Wildman–Crippen MR) is 117 cm³/mol. The van der Waals surface area contributed by atoms with E-state index >= 15 is 0 Å². The standard InChI is InChI=1S/C20H42O10Si/c1-22-20(21)19-29-16-15-27-12-11-25-8-7-23-5-6-24-9-10-26-13-14-28-17-18-30-31(2,3)4/h5-19H2,1-4H3. The Kier molecular flexibility index (Phi) is 22.1. The van der Waals surface area contributed by atoms with Crippen LogP contribution in [0.1, 0.15) is 0 Å². The SMILES string of the molecule is COC(=O)COCCOCCOCCOCCOCCOCCOCCO[Si](C)(C)C. The molecule has 0 amide bonds. The molecule has 0 heterocycles. The van der Waals surface area contributed by atoms with Crippen LogP contribution >= 0.6 is 0 Å². The van der Waals surface area contributed by atoms with E-state index < -0.39 is 14.3 Å². The summed E-state index contributed by atoms with van der Waals surface area (Å²) < 4.78 is 47.6. The molecule has 0 aliphatic rings. The smallest absolute Gasteiger partial charge is 0.331 e. The molecule has 11 heteroatoms. The lowest BCUT2D eigenvalue weighted by Gasteiger charge is -2.16. The van der Waals surface area contributed by atoms with Crippen molar-refractivity contribution in [1.29, 1.82) is 0 Å². The van der Waals surface area contributed by atoms with Crippen molar-refractivity contribution in [3.8, 4) is 0 Å². The number of esters is 1. The zero-order valence-electron chi connectivity index (χ0n) is 19.7. The second-order valence-electron chi connectivity index (χ2n) is 7.26. The fourth-order valence-electron chi connectivity index (χ4n) is 1.94. The van der Waals surface area contributed by atoms with Crippen LogP contribution in [0.3, 0.4) is 0 Å². The monoisotopic (exact) mass is 470 g/mol. The molecule has 186 valence electrons. The van der Waals surface area contributed by atoms with Crippen molar-refractivity contribution in [1.82, 2.24) is 0 Å². The maximum absolute atomic E-state index is 10.8. The normalized spacial score (nSPS) is 11.7. The van der Waals surface area contributed by atoms with Gasteiger partial charge in [-0.15, -0.1) is 0 Å². The Morgan fingerprint density at radius 1 is 0.516 bits per heavy atom. The Hall–Kier alpha value is -0.633. The maximum Gasteiger partial charge on any atom is 0.331 e. The summed E-state index contributed by atoms with van der Waals surface area (Å²) in [4.78, 5) is 10.8. The van der Waals surface area contributed by atoms with Gasteiger partial charge < -0.3 is 42.3 Å². The fourth-order valence-corrected chi connectivity index (χ4v) is 2.64. The van der Waals surface area contributed by atoms with E-state index in [0.717, 1.165) is 0 Å². The van der Waals surface area contributed by atoms with Crippen LogP contribution in [0.15, 0.2) is 0 Å². The molecule has 10 nitrogen and oxygen atoms in total. The van der Waals surface area contributed by atoms with Gasteiger partial charge in [-0.3, -0.25) is 0 Å². The van der Waals surface area contributed by atoms with Gasteiger partial charge in [0.15, 0.2) is 8.32 Å². The zero-order chi connectivity index (χ0) is 23.0. The molecule has 0 atom stereocenters. The first-order valence-corrected chi connectivity index (χ1v) is 14.1. The van der Waals surface area contributed by atoms with E-state index in [1.807, 2.05) is 0 Å². The second-order valence-corrected chi connectivity index (χ2v) is 11.8. The molecular formula is C20H42O10Si. The van der Waals surface area contributed by atoms with Crippen LogP contribution in [0.25, 0.3) is 0 Å². The largest absolute Gasteiger partial charge is 0.467 e. The van der Waals surface area contributed by atoms with E-state index in [-0.39, 0.29) is 6.61 Å². The van der Waals surface area contributed by atoms with E-state index in [0.29, 0.717) is 92.5 Å². The van der Waals surface area contributed by atoms with Crippen molar-refractivity contribution in [3.63, 3.8) is 0 Å². The summed E-state index contributed by atoms with van der Waals surface area (Å²) in [5, 5.41) is 0. The van der Waals surface area contributed by atoms with Crippen molar-refractivity contribution in [3.05, 3.63) is 0 Å². The molecule has 0 unspecified atom stereocenters. The molecule has 0 bridgehead atoms. The minimum absolute atomic E-state index is 0.0609. The van der Waals surface area contributed by atoms with Crippen molar-refractivity contribution in [2.24, 2.45) is 0 Å². The Morgan fingerprint density at radius 2 is 0.806 bits per heavy atom. The molecule has 0 aromatic heterocycles. The lowest BCUT2D eigenvalue weighted by atomic mass is 10.6. The summed E-state index contributed by atoms with van der Waals surface area (Å²) in [5.74, 6) is -0.401. The van der Waals surface area contributed by atoms with Gasteiger partial charge in [0.2, 0.25) is 0 Å². The molecule has 0 rings (SSSR count). The molecule has 0 aliphatic heterocycles. The number of hydrogen-bond donors (Lipinski definition) is 0. The quantitative estimate of drug-likeness (QED) is 0.116. The average Bonchev–Trinajstić information content (AvgIpc) is 2.73. The number of methoxy groups -OCH3 is 1. The Morgan fingerprint density at radius 3 is 1.10 bits per heavy atom. The Labute approximate surface area is 187 Å². The summed E-state index contributed by atoms with van der Waals surface area (Å²) >= 11 is 0. The highest BCUT2D eigenvalue weighted by atomic mass is 28.4. The van der Waals surface area contributed by atoms with Crippen LogP contribution in [0.5, 0.6) is 0 Å². The summed E-state index contributed by atoms with van der Waals surface area (Å²) in [6.45, 7) is 13.5. The first-order valence-electron chi connectivity index (χ1n) is 10.7.